The molecule has 1 aromatic heterocycles. The van der Waals surface area contributed by atoms with Gasteiger partial charge in [-0.15, -0.1) is 0 Å². The molecule has 0 saturated heterocycles. The van der Waals surface area contributed by atoms with Crippen LogP contribution in [0, 0.1) is 0 Å². The van der Waals surface area contributed by atoms with Gasteiger partial charge in [0.05, 0.1) is 18.8 Å². The van der Waals surface area contributed by atoms with Gasteiger partial charge in [-0.3, -0.25) is 0 Å². The number of carbonyl (C=O) groups is 1. The summed E-state index contributed by atoms with van der Waals surface area (Å²) in [6.07, 6.45) is 1.08. The Morgan fingerprint density at radius 1 is 1.09 bits per heavy atom. The van der Waals surface area contributed by atoms with Gasteiger partial charge in [0.25, 0.3) is 0 Å². The summed E-state index contributed by atoms with van der Waals surface area (Å²) in [6, 6.07) is 22.8. The lowest BCUT2D eigenvalue weighted by Crippen LogP contribution is -2.87. The van der Waals surface area contributed by atoms with E-state index in [1.54, 1.807) is 0 Å². The number of H-pyrrole nitrogens is 1. The van der Waals surface area contributed by atoms with E-state index < -0.39 is 5.97 Å². The maximum atomic E-state index is 8.89. The second kappa shape index (κ2) is 11.3. The molecule has 4 aromatic rings. The van der Waals surface area contributed by atoms with Crippen molar-refractivity contribution in [2.75, 3.05) is 13.2 Å². The minimum Gasteiger partial charge on any atom is -0.550 e. The normalized spacial score (nSPS) is 14.5. The zero-order valence-electron chi connectivity index (χ0n) is 19.8. The highest BCUT2D eigenvalue weighted by molar-refractivity contribution is 6.31. The van der Waals surface area contributed by atoms with Crippen molar-refractivity contribution in [2.45, 2.75) is 32.9 Å². The number of halogens is 1. The monoisotopic (exact) mass is 492 g/mol. The first-order chi connectivity index (χ1) is 17.0. The average Bonchev–Trinajstić information content (AvgIpc) is 3.23. The smallest absolute Gasteiger partial charge is 0.161 e. The van der Waals surface area contributed by atoms with Crippen LogP contribution in [0.4, 0.5) is 0 Å². The van der Waals surface area contributed by atoms with Crippen LogP contribution < -0.4 is 19.9 Å². The minimum atomic E-state index is -1.08. The van der Waals surface area contributed by atoms with Crippen LogP contribution in [0.25, 0.3) is 10.9 Å². The molecular formula is C28H29ClN2O4. The fourth-order valence-electron chi connectivity index (χ4n) is 4.45. The second-order valence-electron chi connectivity index (χ2n) is 8.33. The van der Waals surface area contributed by atoms with Crippen molar-refractivity contribution in [3.63, 3.8) is 0 Å². The van der Waals surface area contributed by atoms with Gasteiger partial charge in [0.2, 0.25) is 0 Å². The maximum Gasteiger partial charge on any atom is 0.161 e. The van der Waals surface area contributed by atoms with E-state index >= 15 is 0 Å². The molecule has 1 atom stereocenters. The van der Waals surface area contributed by atoms with Crippen LogP contribution in [0.15, 0.2) is 66.7 Å². The summed E-state index contributed by atoms with van der Waals surface area (Å²) in [5, 5.41) is 13.3. The molecule has 35 heavy (non-hydrogen) atoms. The van der Waals surface area contributed by atoms with Crippen molar-refractivity contribution in [2.24, 2.45) is 0 Å². The Hall–Kier alpha value is -3.48. The number of aromatic nitrogens is 1. The van der Waals surface area contributed by atoms with Gasteiger partial charge in [-0.25, -0.2) is 0 Å². The van der Waals surface area contributed by atoms with Crippen molar-refractivity contribution in [1.82, 2.24) is 4.98 Å². The number of hydrogen-bond acceptors (Lipinski definition) is 4. The van der Waals surface area contributed by atoms with Gasteiger partial charge in [-0.2, -0.15) is 0 Å². The number of rotatable bonds is 6. The number of hydrogen-bond donors (Lipinski definition) is 2. The number of nitrogens with one attached hydrogen (secondary N) is 1. The van der Waals surface area contributed by atoms with E-state index in [0.29, 0.717) is 18.2 Å². The highest BCUT2D eigenvalue weighted by atomic mass is 35.5. The predicted octanol–water partition coefficient (Wildman–Crippen LogP) is 3.76. The summed E-state index contributed by atoms with van der Waals surface area (Å²) in [5.41, 5.74) is 6.09. The topological polar surface area (TPSA) is 91.0 Å². The fourth-order valence-corrected chi connectivity index (χ4v) is 4.64. The number of carboxylic acids is 1. The largest absolute Gasteiger partial charge is 0.550 e. The molecule has 0 saturated carbocycles. The van der Waals surface area contributed by atoms with Crippen molar-refractivity contribution >= 4 is 28.5 Å². The number of fused-ring (bicyclic) bond motifs is 3. The minimum absolute atomic E-state index is 0.216. The average molecular weight is 493 g/mol. The molecule has 0 spiro atoms. The molecule has 182 valence electrons. The number of carbonyl (C=O) groups excluding carboxylic acids is 1. The number of carboxylic acid groups (broad SMARTS) is 1. The molecule has 3 aromatic carbocycles. The molecule has 0 bridgehead atoms. The molecule has 0 radical (unpaired) electrons. The molecule has 0 fully saturated rings. The van der Waals surface area contributed by atoms with Crippen molar-refractivity contribution in [3.05, 3.63) is 94.1 Å². The van der Waals surface area contributed by atoms with Gasteiger partial charge in [0, 0.05) is 39.4 Å². The lowest BCUT2D eigenvalue weighted by molar-refractivity contribution is -0.690. The summed E-state index contributed by atoms with van der Waals surface area (Å²) < 4.78 is 12.0. The molecule has 1 aliphatic heterocycles. The van der Waals surface area contributed by atoms with Gasteiger partial charge in [0.15, 0.2) is 17.5 Å². The lowest BCUT2D eigenvalue weighted by Gasteiger charge is -2.22. The van der Waals surface area contributed by atoms with E-state index in [9.17, 15) is 0 Å². The van der Waals surface area contributed by atoms with Gasteiger partial charge < -0.3 is 29.7 Å². The van der Waals surface area contributed by atoms with E-state index in [1.807, 2.05) is 37.3 Å². The molecule has 1 unspecified atom stereocenters. The highest BCUT2D eigenvalue weighted by Gasteiger charge is 2.29. The first kappa shape index (κ1) is 24.6. The molecule has 5 rings (SSSR count). The van der Waals surface area contributed by atoms with Gasteiger partial charge in [0.1, 0.15) is 6.61 Å². The summed E-state index contributed by atoms with van der Waals surface area (Å²) in [7, 11) is 0. The van der Waals surface area contributed by atoms with Crippen molar-refractivity contribution in [3.8, 4) is 11.5 Å². The Labute approximate surface area is 209 Å². The predicted molar refractivity (Wildman–Crippen MR) is 135 cm³/mol. The third-order valence-corrected chi connectivity index (χ3v) is 6.29. The number of aliphatic carboxylic acids is 1. The van der Waals surface area contributed by atoms with Crippen LogP contribution in [-0.2, 0) is 17.8 Å². The molecule has 0 aliphatic carbocycles. The highest BCUT2D eigenvalue weighted by Crippen LogP contribution is 2.35. The molecule has 6 nitrogen and oxygen atoms in total. The third kappa shape index (κ3) is 5.78. The Balaban J connectivity index is 0.000000672. The molecule has 1 aliphatic rings. The van der Waals surface area contributed by atoms with E-state index in [2.05, 4.69) is 46.7 Å². The van der Waals surface area contributed by atoms with Crippen molar-refractivity contribution < 1.29 is 24.7 Å². The number of quaternary nitrogens is 1. The van der Waals surface area contributed by atoms with Gasteiger partial charge >= 0.3 is 0 Å². The molecular weight excluding hydrogens is 464 g/mol. The SMILES string of the molecule is CC(=O)[O-].CCOc1cc(C2[NH2+]CCc3c2[nH]c2ccccc32)ccc1OCc1ccccc1Cl. The molecule has 3 N–H and O–H groups in total. The van der Waals surface area contributed by atoms with Crippen LogP contribution in [0.1, 0.15) is 42.3 Å². The fraction of sp³-hybridized carbons (Fsp3) is 0.250. The van der Waals surface area contributed by atoms with Crippen LogP contribution in [0.5, 0.6) is 11.5 Å². The zero-order valence-corrected chi connectivity index (χ0v) is 20.6. The first-order valence-electron chi connectivity index (χ1n) is 11.7. The Kier molecular flexibility index (Phi) is 7.95. The number of ether oxygens (including phenoxy) is 2. The second-order valence-corrected chi connectivity index (χ2v) is 8.73. The van der Waals surface area contributed by atoms with Gasteiger partial charge in [-0.05, 0) is 49.7 Å². The van der Waals surface area contributed by atoms with E-state index in [1.165, 1.54) is 27.7 Å². The van der Waals surface area contributed by atoms with Crippen LogP contribution >= 0.6 is 11.6 Å². The van der Waals surface area contributed by atoms with Gasteiger partial charge in [-0.1, -0.05) is 48.0 Å². The van der Waals surface area contributed by atoms with E-state index in [-0.39, 0.29) is 6.04 Å². The maximum absolute atomic E-state index is 8.89. The van der Waals surface area contributed by atoms with E-state index in [0.717, 1.165) is 37.0 Å². The van der Waals surface area contributed by atoms with Crippen LogP contribution in [0.2, 0.25) is 5.02 Å². The van der Waals surface area contributed by atoms with Crippen LogP contribution in [0.3, 0.4) is 0 Å². The molecule has 7 heteroatoms. The summed E-state index contributed by atoms with van der Waals surface area (Å²) in [6.45, 7) is 5.01. The standard InChI is InChI=1S/C26H25ClN2O2.C2H4O2/c1-2-30-24-15-17(11-12-23(24)31-16-18-7-3-5-9-21(18)27)25-26-20(13-14-28-25)19-8-4-6-10-22(19)29-26;1-2(3)4/h3-12,15,25,28-29H,2,13-14,16H2,1H3;1H3,(H,3,4). The molecule has 2 heterocycles. The number of para-hydroxylation sites is 1. The number of aromatic amines is 1. The lowest BCUT2D eigenvalue weighted by atomic mass is 9.94. The first-order valence-corrected chi connectivity index (χ1v) is 12.1. The quantitative estimate of drug-likeness (QED) is 0.428. The Bertz CT molecular complexity index is 1310. The summed E-state index contributed by atoms with van der Waals surface area (Å²) >= 11 is 6.28. The Morgan fingerprint density at radius 2 is 1.83 bits per heavy atom. The van der Waals surface area contributed by atoms with Crippen molar-refractivity contribution in [1.29, 1.82) is 0 Å². The van der Waals surface area contributed by atoms with E-state index in [4.69, 9.17) is 31.0 Å². The third-order valence-electron chi connectivity index (χ3n) is 5.92. The molecule has 0 amide bonds. The Morgan fingerprint density at radius 3 is 2.60 bits per heavy atom. The zero-order chi connectivity index (χ0) is 24.8. The number of benzene rings is 3. The summed E-state index contributed by atoms with van der Waals surface area (Å²) in [5.74, 6) is 0.418. The summed E-state index contributed by atoms with van der Waals surface area (Å²) in [4.78, 5) is 12.6. The van der Waals surface area contributed by atoms with Crippen LogP contribution in [-0.4, -0.2) is 24.1 Å². The number of nitrogens with two attached hydrogens (primary N) is 1.